The summed E-state index contributed by atoms with van der Waals surface area (Å²) in [5.41, 5.74) is 0. The molecule has 1 atom stereocenters. The van der Waals surface area contributed by atoms with Crippen LogP contribution in [-0.2, 0) is 0 Å². The Kier molecular flexibility index (Phi) is 0.603. The smallest absolute Gasteiger partial charge is 0.0394 e. The summed E-state index contributed by atoms with van der Waals surface area (Å²) >= 11 is 0. The van der Waals surface area contributed by atoms with Crippen molar-refractivity contribution >= 4 is 0 Å². The normalized spacial score (nSPS) is 42.4. The van der Waals surface area contributed by atoms with Gasteiger partial charge in [-0.25, -0.2) is 0 Å². The molecule has 0 aromatic carbocycles. The molecule has 0 aromatic rings. The lowest BCUT2D eigenvalue weighted by Crippen LogP contribution is -2.48. The van der Waals surface area contributed by atoms with E-state index < -0.39 is 14.0 Å². The van der Waals surface area contributed by atoms with E-state index in [2.05, 4.69) is 5.32 Å². The maximum absolute atomic E-state index is 7.11. The molecule has 1 saturated heterocycles. The van der Waals surface area contributed by atoms with Gasteiger partial charge in [-0.05, 0) is 26.9 Å². The molecule has 8 heavy (non-hydrogen) atoms. The number of nitrogens with zero attached hydrogens (tertiary/aromatic N) is 1. The average molecular weight is 120 g/mol. The summed E-state index contributed by atoms with van der Waals surface area (Å²) in [4.78, 5) is 0.594. The lowest BCUT2D eigenvalue weighted by atomic mass is 10.1. The Morgan fingerprint density at radius 3 is 3.00 bits per heavy atom. The summed E-state index contributed by atoms with van der Waals surface area (Å²) in [6.07, 6.45) is 0.836. The zero-order valence-corrected chi connectivity index (χ0v) is 4.65. The van der Waals surface area contributed by atoms with Gasteiger partial charge in [0, 0.05) is 20.8 Å². The van der Waals surface area contributed by atoms with Crippen LogP contribution in [0.3, 0.4) is 0 Å². The largest absolute Gasteiger partial charge is 0.313 e. The van der Waals surface area contributed by atoms with E-state index in [1.54, 1.807) is 0 Å². The minimum Gasteiger partial charge on any atom is -0.313 e. The van der Waals surface area contributed by atoms with Gasteiger partial charge in [0.05, 0.1) is 0 Å². The van der Waals surface area contributed by atoms with Gasteiger partial charge in [0.1, 0.15) is 0 Å². The Bertz CT molecular complexity index is 179. The van der Waals surface area contributed by atoms with Crippen molar-refractivity contribution in [3.63, 3.8) is 0 Å². The van der Waals surface area contributed by atoms with Crippen molar-refractivity contribution in [3.8, 4) is 0 Å². The molecule has 0 saturated carbocycles. The Labute approximate surface area is 59.3 Å². The fraction of sp³-hybridized carbons (Fsp3) is 1.00. The van der Waals surface area contributed by atoms with Crippen molar-refractivity contribution < 1.29 is 8.22 Å². The van der Waals surface area contributed by atoms with Crippen LogP contribution >= 0.6 is 0 Å². The Hall–Kier alpha value is -0.0800. The fourth-order valence-electron chi connectivity index (χ4n) is 0.725. The first-order valence-electron chi connectivity index (χ1n) is 5.72. The van der Waals surface area contributed by atoms with Gasteiger partial charge in [-0.1, -0.05) is 0 Å². The highest BCUT2D eigenvalue weighted by atomic mass is 15.1. The number of rotatable bonds is 2. The molecule has 1 aliphatic rings. The topological polar surface area (TPSA) is 15.3 Å². The Morgan fingerprint density at radius 2 is 2.62 bits per heavy atom. The lowest BCUT2D eigenvalue weighted by molar-refractivity contribution is 0.273. The molecule has 0 bridgehead atoms. The summed E-state index contributed by atoms with van der Waals surface area (Å²) in [6, 6.07) is -0.00384. The fourth-order valence-corrected chi connectivity index (χ4v) is 0.725. The van der Waals surface area contributed by atoms with E-state index in [1.165, 1.54) is 0 Å². The zero-order valence-electron chi connectivity index (χ0n) is 10.6. The second-order valence-corrected chi connectivity index (χ2v) is 2.05. The maximum Gasteiger partial charge on any atom is 0.0394 e. The second-order valence-electron chi connectivity index (χ2n) is 2.05. The third-order valence-corrected chi connectivity index (χ3v) is 1.33. The van der Waals surface area contributed by atoms with Gasteiger partial charge in [-0.3, -0.25) is 0 Å². The summed E-state index contributed by atoms with van der Waals surface area (Å²) in [5, 5.41) is 2.98. The molecule has 1 fully saturated rings. The van der Waals surface area contributed by atoms with Crippen molar-refractivity contribution in [2.45, 2.75) is 12.5 Å². The lowest BCUT2D eigenvalue weighted by Gasteiger charge is -2.29. The van der Waals surface area contributed by atoms with Crippen molar-refractivity contribution in [1.82, 2.24) is 10.2 Å². The van der Waals surface area contributed by atoms with Crippen LogP contribution in [0.25, 0.3) is 0 Å². The van der Waals surface area contributed by atoms with E-state index in [0.29, 0.717) is 4.90 Å². The van der Waals surface area contributed by atoms with Crippen LogP contribution in [0.4, 0.5) is 0 Å². The molecule has 0 aliphatic carbocycles. The molecule has 0 aromatic heterocycles. The number of hydrogen-bond acceptors (Lipinski definition) is 2. The van der Waals surface area contributed by atoms with Gasteiger partial charge in [0.2, 0.25) is 0 Å². The predicted octanol–water partition coefficient (Wildman–Crippen LogP) is -0.0901. The number of hydrogen-bond donors (Lipinski definition) is 1. The summed E-state index contributed by atoms with van der Waals surface area (Å²) in [6.45, 7) is -4.22. The highest BCUT2D eigenvalue weighted by molar-refractivity contribution is 4.78. The van der Waals surface area contributed by atoms with Gasteiger partial charge in [0.25, 0.3) is 0 Å². The van der Waals surface area contributed by atoms with E-state index in [4.69, 9.17) is 8.22 Å². The van der Waals surface area contributed by atoms with Crippen molar-refractivity contribution in [3.05, 3.63) is 0 Å². The van der Waals surface area contributed by atoms with Crippen LogP contribution in [0.15, 0.2) is 0 Å². The van der Waals surface area contributed by atoms with Gasteiger partial charge in [-0.15, -0.1) is 0 Å². The molecule has 1 rings (SSSR count). The van der Waals surface area contributed by atoms with Gasteiger partial charge in [-0.2, -0.15) is 0 Å². The van der Waals surface area contributed by atoms with Crippen molar-refractivity contribution in [1.29, 1.82) is 0 Å². The molecule has 0 spiro atoms. The van der Waals surface area contributed by atoms with Crippen LogP contribution in [-0.4, -0.2) is 38.0 Å². The van der Waals surface area contributed by atoms with Crippen LogP contribution < -0.4 is 5.32 Å². The molecule has 2 heteroatoms. The van der Waals surface area contributed by atoms with Crippen LogP contribution in [0.1, 0.15) is 14.6 Å². The maximum atomic E-state index is 7.11. The monoisotopic (exact) mass is 120 g/mol. The molecule has 1 heterocycles. The first-order valence-corrected chi connectivity index (χ1v) is 2.72. The molecule has 1 N–H and O–H groups in total. The van der Waals surface area contributed by atoms with E-state index >= 15 is 0 Å². The molecule has 0 radical (unpaired) electrons. The van der Waals surface area contributed by atoms with Gasteiger partial charge in [0.15, 0.2) is 0 Å². The summed E-state index contributed by atoms with van der Waals surface area (Å²) < 4.78 is 42.7. The standard InChI is InChI=1S/C6H14N2/c1-8(2)5-6-3-4-7-6/h6-7H,3-5H2,1-2H3/i1D3,2D3. The summed E-state index contributed by atoms with van der Waals surface area (Å²) in [7, 11) is 0. The number of nitrogens with one attached hydrogen (secondary N) is 1. The first kappa shape index (κ1) is 1.96. The predicted molar refractivity (Wildman–Crippen MR) is 35.0 cm³/mol. The molecular weight excluding hydrogens is 100 g/mol. The van der Waals surface area contributed by atoms with Gasteiger partial charge >= 0.3 is 0 Å². The first-order chi connectivity index (χ1) is 6.21. The van der Waals surface area contributed by atoms with Crippen LogP contribution in [0, 0.1) is 0 Å². The average Bonchev–Trinajstić information content (AvgIpc) is 1.76. The SMILES string of the molecule is [2H]C([2H])([2H])N(CC1CCN1)C([2H])([2H])[2H]. The Morgan fingerprint density at radius 1 is 1.88 bits per heavy atom. The quantitative estimate of drug-likeness (QED) is 0.548. The molecule has 0 amide bonds. The highest BCUT2D eigenvalue weighted by Crippen LogP contribution is 2.01. The Balaban J connectivity index is 2.61. The minimum atomic E-state index is -2.55. The van der Waals surface area contributed by atoms with E-state index in [9.17, 15) is 0 Å². The molecule has 2 nitrogen and oxygen atoms in total. The third kappa shape index (κ3) is 1.46. The van der Waals surface area contributed by atoms with Crippen LogP contribution in [0.2, 0.25) is 0 Å². The van der Waals surface area contributed by atoms with E-state index in [-0.39, 0.29) is 12.6 Å². The molecule has 48 valence electrons. The zero-order chi connectivity index (χ0) is 11.0. The molecule has 1 aliphatic heterocycles. The summed E-state index contributed by atoms with van der Waals surface area (Å²) in [5.74, 6) is 0. The highest BCUT2D eigenvalue weighted by Gasteiger charge is 2.15. The van der Waals surface area contributed by atoms with Crippen molar-refractivity contribution in [2.24, 2.45) is 0 Å². The molecular formula is C6H14N2. The van der Waals surface area contributed by atoms with Gasteiger partial charge < -0.3 is 10.2 Å². The van der Waals surface area contributed by atoms with E-state index in [0.717, 1.165) is 13.0 Å². The van der Waals surface area contributed by atoms with E-state index in [1.807, 2.05) is 0 Å². The molecule has 1 unspecified atom stereocenters. The van der Waals surface area contributed by atoms with Crippen molar-refractivity contribution in [2.75, 3.05) is 27.0 Å². The minimum absolute atomic E-state index is 0.00384. The number of likely N-dealkylation sites (N-methyl/N-ethyl adjacent to an activating group) is 1. The third-order valence-electron chi connectivity index (χ3n) is 1.33. The van der Waals surface area contributed by atoms with Crippen LogP contribution in [0.5, 0.6) is 0 Å². The second kappa shape index (κ2) is 2.46.